The number of hydrazine groups is 1. The molecule has 8 heavy (non-hydrogen) atoms. The molecular formula is C4H11N3O. The molecule has 0 aromatic rings. The summed E-state index contributed by atoms with van der Waals surface area (Å²) in [5.74, 6) is 0. The number of hydrogen-bond donors (Lipinski definition) is 1. The minimum absolute atomic E-state index is 0.449. The number of carbonyl (C=O) groups excluding carboxylic acids is 1. The van der Waals surface area contributed by atoms with E-state index in [2.05, 4.69) is 0 Å². The normalized spacial score (nSPS) is 9.50. The van der Waals surface area contributed by atoms with Crippen molar-refractivity contribution in [1.82, 2.24) is 10.0 Å². The van der Waals surface area contributed by atoms with Gasteiger partial charge in [0.2, 0.25) is 0 Å². The highest BCUT2D eigenvalue weighted by Crippen LogP contribution is 1.81. The average Bonchev–Trinajstić information content (AvgIpc) is 1.64. The molecule has 2 N–H and O–H groups in total. The lowest BCUT2D eigenvalue weighted by molar-refractivity contribution is 0.0947. The number of nitrogens with two attached hydrogens (primary N) is 1. The molecule has 0 fully saturated rings. The molecule has 0 saturated carbocycles. The van der Waals surface area contributed by atoms with E-state index in [-0.39, 0.29) is 0 Å². The monoisotopic (exact) mass is 117 g/mol. The van der Waals surface area contributed by atoms with Crippen molar-refractivity contribution in [2.24, 2.45) is 5.73 Å². The van der Waals surface area contributed by atoms with Crippen LogP contribution in [0.1, 0.15) is 0 Å². The average molecular weight is 117 g/mol. The fourth-order valence-corrected chi connectivity index (χ4v) is 0.197. The van der Waals surface area contributed by atoms with Crippen LogP contribution >= 0.6 is 0 Å². The Labute approximate surface area is 48.8 Å². The van der Waals surface area contributed by atoms with Gasteiger partial charge in [-0.25, -0.2) is 9.80 Å². The summed E-state index contributed by atoms with van der Waals surface area (Å²) in [4.78, 5) is 10.2. The maximum Gasteiger partial charge on any atom is 0.329 e. The van der Waals surface area contributed by atoms with Gasteiger partial charge < -0.3 is 5.73 Å². The smallest absolute Gasteiger partial charge is 0.329 e. The second-order valence-corrected chi connectivity index (χ2v) is 1.71. The minimum atomic E-state index is -0.449. The van der Waals surface area contributed by atoms with Crippen molar-refractivity contribution in [3.8, 4) is 0 Å². The third-order valence-electron chi connectivity index (χ3n) is 0.919. The molecule has 0 aliphatic heterocycles. The number of amides is 2. The second kappa shape index (κ2) is 2.52. The lowest BCUT2D eigenvalue weighted by Crippen LogP contribution is -2.41. The van der Waals surface area contributed by atoms with E-state index in [0.717, 1.165) is 0 Å². The summed E-state index contributed by atoms with van der Waals surface area (Å²) >= 11 is 0. The third kappa shape index (κ3) is 1.79. The Morgan fingerprint density at radius 2 is 1.75 bits per heavy atom. The summed E-state index contributed by atoms with van der Waals surface area (Å²) < 4.78 is 0. The number of nitrogens with zero attached hydrogens (tertiary/aromatic N) is 2. The molecule has 0 aliphatic carbocycles. The summed E-state index contributed by atoms with van der Waals surface area (Å²) in [5, 5.41) is 2.91. The zero-order valence-electron chi connectivity index (χ0n) is 5.38. The lowest BCUT2D eigenvalue weighted by atomic mass is 10.9. The van der Waals surface area contributed by atoms with Gasteiger partial charge in [-0.05, 0) is 0 Å². The maximum absolute atomic E-state index is 10.2. The van der Waals surface area contributed by atoms with E-state index in [9.17, 15) is 4.79 Å². The summed E-state index contributed by atoms with van der Waals surface area (Å²) in [5.41, 5.74) is 4.88. The van der Waals surface area contributed by atoms with Crippen molar-refractivity contribution >= 4 is 6.03 Å². The second-order valence-electron chi connectivity index (χ2n) is 1.71. The molecule has 0 rings (SSSR count). The van der Waals surface area contributed by atoms with Crippen LogP contribution < -0.4 is 5.73 Å². The minimum Gasteiger partial charge on any atom is -0.350 e. The number of urea groups is 1. The molecule has 4 heteroatoms. The summed E-state index contributed by atoms with van der Waals surface area (Å²) in [7, 11) is 5.08. The van der Waals surface area contributed by atoms with E-state index in [0.29, 0.717) is 0 Å². The van der Waals surface area contributed by atoms with Crippen molar-refractivity contribution in [3.05, 3.63) is 0 Å². The first kappa shape index (κ1) is 7.23. The summed E-state index contributed by atoms with van der Waals surface area (Å²) in [6, 6.07) is -0.449. The topological polar surface area (TPSA) is 49.6 Å². The van der Waals surface area contributed by atoms with E-state index >= 15 is 0 Å². The molecular weight excluding hydrogens is 106 g/mol. The fourth-order valence-electron chi connectivity index (χ4n) is 0.197. The Balaban J connectivity index is 3.64. The lowest BCUT2D eigenvalue weighted by Gasteiger charge is -2.21. The van der Waals surface area contributed by atoms with Crippen molar-refractivity contribution in [2.45, 2.75) is 0 Å². The molecule has 0 bridgehead atoms. The molecule has 0 radical (unpaired) electrons. The number of hydrogen-bond acceptors (Lipinski definition) is 2. The Hall–Kier alpha value is -0.770. The fraction of sp³-hybridized carbons (Fsp3) is 0.750. The standard InChI is InChI=1S/C4H11N3O/c1-6(2)7(3)4(5)8/h1-3H3,(H2,5,8). The van der Waals surface area contributed by atoms with Gasteiger partial charge in [0.05, 0.1) is 0 Å². The SMILES string of the molecule is CN(C)N(C)C(N)=O. The summed E-state index contributed by atoms with van der Waals surface area (Å²) in [6.07, 6.45) is 0. The van der Waals surface area contributed by atoms with E-state index < -0.39 is 6.03 Å². The van der Waals surface area contributed by atoms with Gasteiger partial charge in [0.25, 0.3) is 0 Å². The van der Waals surface area contributed by atoms with Crippen LogP contribution in [-0.2, 0) is 0 Å². The molecule has 0 saturated heterocycles. The van der Waals surface area contributed by atoms with E-state index in [4.69, 9.17) is 5.73 Å². The van der Waals surface area contributed by atoms with Crippen molar-refractivity contribution in [3.63, 3.8) is 0 Å². The van der Waals surface area contributed by atoms with Gasteiger partial charge in [-0.1, -0.05) is 0 Å². The predicted octanol–water partition coefficient (Wildman–Crippen LogP) is -0.527. The molecule has 0 heterocycles. The molecule has 48 valence electrons. The van der Waals surface area contributed by atoms with Crippen LogP contribution in [0.5, 0.6) is 0 Å². The Morgan fingerprint density at radius 3 is 1.75 bits per heavy atom. The van der Waals surface area contributed by atoms with E-state index in [1.54, 1.807) is 26.2 Å². The Kier molecular flexibility index (Phi) is 2.27. The molecule has 2 amide bonds. The maximum atomic E-state index is 10.2. The number of rotatable bonds is 1. The van der Waals surface area contributed by atoms with Gasteiger partial charge in [0.1, 0.15) is 0 Å². The van der Waals surface area contributed by atoms with E-state index in [1.165, 1.54) is 5.01 Å². The number of carbonyl (C=O) groups is 1. The van der Waals surface area contributed by atoms with Crippen LogP contribution in [-0.4, -0.2) is 37.2 Å². The molecule has 0 aliphatic rings. The third-order valence-corrected chi connectivity index (χ3v) is 0.919. The molecule has 0 unspecified atom stereocenters. The van der Waals surface area contributed by atoms with Gasteiger partial charge in [-0.15, -0.1) is 0 Å². The van der Waals surface area contributed by atoms with Crippen molar-refractivity contribution < 1.29 is 4.79 Å². The van der Waals surface area contributed by atoms with Crippen LogP contribution in [0.2, 0.25) is 0 Å². The highest BCUT2D eigenvalue weighted by Gasteiger charge is 2.02. The first-order valence-corrected chi connectivity index (χ1v) is 2.26. The molecule has 4 nitrogen and oxygen atoms in total. The Morgan fingerprint density at radius 1 is 1.38 bits per heavy atom. The van der Waals surface area contributed by atoms with Gasteiger partial charge >= 0.3 is 6.03 Å². The van der Waals surface area contributed by atoms with Crippen LogP contribution in [0, 0.1) is 0 Å². The molecule has 0 atom stereocenters. The summed E-state index contributed by atoms with van der Waals surface area (Å²) in [6.45, 7) is 0. The highest BCUT2D eigenvalue weighted by atomic mass is 16.2. The van der Waals surface area contributed by atoms with Gasteiger partial charge in [0.15, 0.2) is 0 Å². The van der Waals surface area contributed by atoms with Crippen LogP contribution in [0.3, 0.4) is 0 Å². The zero-order valence-corrected chi connectivity index (χ0v) is 5.38. The van der Waals surface area contributed by atoms with Gasteiger partial charge in [0, 0.05) is 21.1 Å². The number of primary amides is 1. The molecule has 0 aromatic heterocycles. The quantitative estimate of drug-likeness (QED) is 0.469. The first-order chi connectivity index (χ1) is 3.55. The Bertz CT molecular complexity index is 91.3. The molecule has 0 aromatic carbocycles. The predicted molar refractivity (Wildman–Crippen MR) is 31.0 cm³/mol. The molecule has 0 spiro atoms. The van der Waals surface area contributed by atoms with Crippen LogP contribution in [0.25, 0.3) is 0 Å². The van der Waals surface area contributed by atoms with Gasteiger partial charge in [-0.2, -0.15) is 0 Å². The van der Waals surface area contributed by atoms with Crippen LogP contribution in [0.15, 0.2) is 0 Å². The first-order valence-electron chi connectivity index (χ1n) is 2.26. The van der Waals surface area contributed by atoms with Gasteiger partial charge in [-0.3, -0.25) is 5.01 Å². The zero-order chi connectivity index (χ0) is 6.73. The largest absolute Gasteiger partial charge is 0.350 e. The van der Waals surface area contributed by atoms with Crippen LogP contribution in [0.4, 0.5) is 4.79 Å². The van der Waals surface area contributed by atoms with Crippen molar-refractivity contribution in [1.29, 1.82) is 0 Å². The highest BCUT2D eigenvalue weighted by molar-refractivity contribution is 5.70. The van der Waals surface area contributed by atoms with Crippen molar-refractivity contribution in [2.75, 3.05) is 21.1 Å². The van der Waals surface area contributed by atoms with E-state index in [1.807, 2.05) is 0 Å².